The van der Waals surface area contributed by atoms with Crippen LogP contribution in [0.4, 0.5) is 0 Å². The molecule has 1 atom stereocenters. The Balaban J connectivity index is 1.32. The maximum absolute atomic E-state index is 13.0. The molecule has 0 aliphatic carbocycles. The number of pyridine rings is 1. The fourth-order valence-electron chi connectivity index (χ4n) is 4.92. The fraction of sp³-hybridized carbons (Fsp3) is 0.368. The number of Topliss-reactive ketones (excluding diaryl/α,β-unsaturated/α-hetero) is 1. The predicted molar refractivity (Wildman–Crippen MR) is 176 cm³/mol. The van der Waals surface area contributed by atoms with E-state index in [-0.39, 0.29) is 30.7 Å². The molecule has 0 saturated heterocycles. The molecule has 7 nitrogen and oxygen atoms in total. The molecule has 0 N–H and O–H groups in total. The molecule has 0 saturated carbocycles. The summed E-state index contributed by atoms with van der Waals surface area (Å²) in [6.45, 7) is 6.67. The van der Waals surface area contributed by atoms with E-state index in [1.165, 1.54) is 25.7 Å². The fourth-order valence-corrected chi connectivity index (χ4v) is 4.92. The van der Waals surface area contributed by atoms with Gasteiger partial charge in [-0.1, -0.05) is 88.4 Å². The van der Waals surface area contributed by atoms with Gasteiger partial charge in [0.2, 0.25) is 0 Å². The molecule has 3 aromatic carbocycles. The summed E-state index contributed by atoms with van der Waals surface area (Å²) < 4.78 is 17.2. The number of nitrogens with zero attached hydrogens (tertiary/aromatic N) is 1. The van der Waals surface area contributed by atoms with Gasteiger partial charge in [-0.2, -0.15) is 0 Å². The number of hydrogen-bond donors (Lipinski definition) is 0. The summed E-state index contributed by atoms with van der Waals surface area (Å²) in [5.74, 6) is 0.287. The van der Waals surface area contributed by atoms with Gasteiger partial charge in [0.05, 0.1) is 30.4 Å². The zero-order valence-corrected chi connectivity index (χ0v) is 26.6. The topological polar surface area (TPSA) is 91.8 Å². The van der Waals surface area contributed by atoms with Crippen molar-refractivity contribution in [3.8, 4) is 11.5 Å². The van der Waals surface area contributed by atoms with Gasteiger partial charge in [0, 0.05) is 29.0 Å². The third-order valence-electron chi connectivity index (χ3n) is 7.73. The lowest BCUT2D eigenvalue weighted by molar-refractivity contribution is -0.147. The van der Waals surface area contributed by atoms with Gasteiger partial charge < -0.3 is 14.2 Å². The molecule has 236 valence electrons. The minimum Gasteiger partial charge on any atom is -0.493 e. The highest BCUT2D eigenvalue weighted by Gasteiger charge is 2.15. The quantitative estimate of drug-likeness (QED) is 0.0513. The van der Waals surface area contributed by atoms with E-state index in [2.05, 4.69) is 11.9 Å². The van der Waals surface area contributed by atoms with E-state index in [1.54, 1.807) is 48.7 Å². The van der Waals surface area contributed by atoms with Gasteiger partial charge >= 0.3 is 11.9 Å². The van der Waals surface area contributed by atoms with Crippen molar-refractivity contribution in [2.75, 3.05) is 6.61 Å². The lowest BCUT2D eigenvalue weighted by Gasteiger charge is -2.13. The number of fused-ring (bicyclic) bond motifs is 1. The Morgan fingerprint density at radius 3 is 2.09 bits per heavy atom. The molecule has 0 bridgehead atoms. The summed E-state index contributed by atoms with van der Waals surface area (Å²) in [7, 11) is 0. The first-order valence-corrected chi connectivity index (χ1v) is 16.0. The molecule has 0 aliphatic rings. The second kappa shape index (κ2) is 17.1. The van der Waals surface area contributed by atoms with Crippen molar-refractivity contribution in [1.29, 1.82) is 0 Å². The zero-order valence-electron chi connectivity index (χ0n) is 26.6. The maximum Gasteiger partial charge on any atom is 0.343 e. The summed E-state index contributed by atoms with van der Waals surface area (Å²) >= 11 is 0. The molecule has 1 aromatic heterocycles. The Kier molecular flexibility index (Phi) is 12.7. The minimum absolute atomic E-state index is 0.0864. The lowest BCUT2D eigenvalue weighted by Crippen LogP contribution is -2.16. The average Bonchev–Trinajstić information content (AvgIpc) is 3.06. The number of unbranched alkanes of at least 4 members (excludes halogenated alkanes) is 5. The van der Waals surface area contributed by atoms with E-state index < -0.39 is 5.97 Å². The number of ether oxygens (including phenoxy) is 3. The van der Waals surface area contributed by atoms with Crippen LogP contribution in [0.5, 0.6) is 11.5 Å². The largest absolute Gasteiger partial charge is 0.493 e. The van der Waals surface area contributed by atoms with Crippen molar-refractivity contribution in [1.82, 2.24) is 4.98 Å². The maximum atomic E-state index is 13.0. The lowest BCUT2D eigenvalue weighted by atomic mass is 10.0. The number of rotatable bonds is 17. The predicted octanol–water partition coefficient (Wildman–Crippen LogP) is 8.50. The Hall–Kier alpha value is -4.52. The van der Waals surface area contributed by atoms with Crippen LogP contribution in [0.3, 0.4) is 0 Å². The van der Waals surface area contributed by atoms with Crippen LogP contribution in [0.25, 0.3) is 10.8 Å². The third-order valence-corrected chi connectivity index (χ3v) is 7.73. The van der Waals surface area contributed by atoms with Gasteiger partial charge in [-0.05, 0) is 55.7 Å². The second-order valence-corrected chi connectivity index (χ2v) is 11.3. The number of carbonyl (C=O) groups is 3. The summed E-state index contributed by atoms with van der Waals surface area (Å²) in [6.07, 6.45) is 9.63. The van der Waals surface area contributed by atoms with Crippen LogP contribution in [0.1, 0.15) is 97.7 Å². The first-order chi connectivity index (χ1) is 21.9. The van der Waals surface area contributed by atoms with Crippen LogP contribution in [0.2, 0.25) is 0 Å². The summed E-state index contributed by atoms with van der Waals surface area (Å²) in [5, 5.41) is 1.69. The number of hydrogen-bond acceptors (Lipinski definition) is 7. The molecule has 1 unspecified atom stereocenters. The molecular weight excluding hydrogens is 566 g/mol. The number of esters is 2. The number of aromatic nitrogens is 1. The molecule has 0 amide bonds. The highest BCUT2D eigenvalue weighted by molar-refractivity contribution is 6.00. The molecule has 4 aromatic rings. The van der Waals surface area contributed by atoms with Crippen LogP contribution in [-0.4, -0.2) is 35.4 Å². The van der Waals surface area contributed by atoms with Crippen molar-refractivity contribution in [3.63, 3.8) is 0 Å². The van der Waals surface area contributed by atoms with Crippen LogP contribution in [0, 0.1) is 0 Å². The first kappa shape index (κ1) is 33.4. The highest BCUT2D eigenvalue weighted by atomic mass is 16.5. The van der Waals surface area contributed by atoms with Crippen LogP contribution in [0.15, 0.2) is 79.0 Å². The third kappa shape index (κ3) is 10.00. The van der Waals surface area contributed by atoms with E-state index >= 15 is 0 Å². The summed E-state index contributed by atoms with van der Waals surface area (Å²) in [6, 6.07) is 21.3. The summed E-state index contributed by atoms with van der Waals surface area (Å²) in [4.78, 5) is 42.3. The van der Waals surface area contributed by atoms with Gasteiger partial charge in [-0.25, -0.2) is 4.79 Å². The average molecular weight is 610 g/mol. The molecule has 45 heavy (non-hydrogen) atoms. The van der Waals surface area contributed by atoms with E-state index in [0.717, 1.165) is 41.3 Å². The molecule has 1 heterocycles. The Morgan fingerprint density at radius 1 is 0.733 bits per heavy atom. The SMILES string of the molecule is CCCCCCCCOc1ccc(OC(=O)c2ccc(C(=O)Cc3ccc(CC(=O)OC(C)CC)nc3)cc2)c2ccccc12. The molecule has 0 spiro atoms. The van der Waals surface area contributed by atoms with Crippen molar-refractivity contribution < 1.29 is 28.6 Å². The molecule has 0 fully saturated rings. The highest BCUT2D eigenvalue weighted by Crippen LogP contribution is 2.33. The Labute approximate surface area is 265 Å². The minimum atomic E-state index is -0.508. The van der Waals surface area contributed by atoms with E-state index in [9.17, 15) is 14.4 Å². The van der Waals surface area contributed by atoms with E-state index in [0.29, 0.717) is 29.2 Å². The smallest absolute Gasteiger partial charge is 0.343 e. The van der Waals surface area contributed by atoms with Gasteiger partial charge in [-0.3, -0.25) is 14.6 Å². The van der Waals surface area contributed by atoms with Crippen molar-refractivity contribution in [2.24, 2.45) is 0 Å². The second-order valence-electron chi connectivity index (χ2n) is 11.3. The number of ketones is 1. The van der Waals surface area contributed by atoms with Gasteiger partial charge in [-0.15, -0.1) is 0 Å². The summed E-state index contributed by atoms with van der Waals surface area (Å²) in [5.41, 5.74) is 2.14. The van der Waals surface area contributed by atoms with Gasteiger partial charge in [0.1, 0.15) is 11.5 Å². The van der Waals surface area contributed by atoms with Crippen molar-refractivity contribution in [2.45, 2.75) is 84.7 Å². The van der Waals surface area contributed by atoms with E-state index in [4.69, 9.17) is 14.2 Å². The van der Waals surface area contributed by atoms with Crippen LogP contribution < -0.4 is 9.47 Å². The molecule has 7 heteroatoms. The zero-order chi connectivity index (χ0) is 32.0. The Bertz CT molecular complexity index is 1560. The standard InChI is InChI=1S/C38H43NO6/c1-4-6-7-8-9-12-23-43-35-21-22-36(33-14-11-10-13-32(33)35)45-38(42)30-18-16-29(17-19-30)34(40)24-28-15-20-31(39-26-28)25-37(41)44-27(3)5-2/h10-11,13-22,26-27H,4-9,12,23-25H2,1-3H3. The van der Waals surface area contributed by atoms with Gasteiger partial charge in [0.25, 0.3) is 0 Å². The molecule has 4 rings (SSSR count). The first-order valence-electron chi connectivity index (χ1n) is 16.0. The molecule has 0 aliphatic heterocycles. The van der Waals surface area contributed by atoms with Crippen LogP contribution in [-0.2, 0) is 22.4 Å². The van der Waals surface area contributed by atoms with Crippen molar-refractivity contribution in [3.05, 3.63) is 101 Å². The molecule has 0 radical (unpaired) electrons. The number of benzene rings is 3. The molecular formula is C38H43NO6. The van der Waals surface area contributed by atoms with Gasteiger partial charge in [0.15, 0.2) is 5.78 Å². The van der Waals surface area contributed by atoms with Crippen molar-refractivity contribution >= 4 is 28.5 Å². The van der Waals surface area contributed by atoms with Crippen LogP contribution >= 0.6 is 0 Å². The Morgan fingerprint density at radius 2 is 1.40 bits per heavy atom. The van der Waals surface area contributed by atoms with E-state index in [1.807, 2.05) is 44.2 Å². The monoisotopic (exact) mass is 609 g/mol. The number of carbonyl (C=O) groups excluding carboxylic acids is 3. The normalized spacial score (nSPS) is 11.6.